The molecule has 2 rings (SSSR count). The number of carbonyl (C=O) groups excluding carboxylic acids is 1. The molecule has 0 unspecified atom stereocenters. The lowest BCUT2D eigenvalue weighted by atomic mass is 10.2. The van der Waals surface area contributed by atoms with Gasteiger partial charge in [-0.1, -0.05) is 28.1 Å². The molecule has 0 atom stereocenters. The minimum absolute atomic E-state index is 0.261. The molecule has 23 heavy (non-hydrogen) atoms. The molecule has 0 N–H and O–H groups in total. The first-order valence-corrected chi connectivity index (χ1v) is 7.70. The summed E-state index contributed by atoms with van der Waals surface area (Å²) in [6.45, 7) is 0.564. The van der Waals surface area contributed by atoms with Crippen molar-refractivity contribution in [1.82, 2.24) is 0 Å². The second kappa shape index (κ2) is 8.43. The van der Waals surface area contributed by atoms with Gasteiger partial charge in [0.2, 0.25) is 0 Å². The molecule has 0 aromatic heterocycles. The third kappa shape index (κ3) is 4.39. The third-order valence-corrected chi connectivity index (χ3v) is 3.51. The van der Waals surface area contributed by atoms with Crippen molar-refractivity contribution in [3.8, 4) is 23.0 Å². The highest BCUT2D eigenvalue weighted by Gasteiger charge is 2.12. The van der Waals surface area contributed by atoms with E-state index >= 15 is 0 Å². The first-order valence-electron chi connectivity index (χ1n) is 6.91. The Morgan fingerprint density at radius 2 is 1.61 bits per heavy atom. The van der Waals surface area contributed by atoms with Gasteiger partial charge in [-0.2, -0.15) is 0 Å². The lowest BCUT2D eigenvalue weighted by molar-refractivity contribution is 0.111. The Kier molecular flexibility index (Phi) is 6.29. The summed E-state index contributed by atoms with van der Waals surface area (Å²) in [6.07, 6.45) is 0.726. The summed E-state index contributed by atoms with van der Waals surface area (Å²) in [7, 11) is 3.11. The molecule has 0 bridgehead atoms. The molecule has 0 saturated heterocycles. The third-order valence-electron chi connectivity index (χ3n) is 3.05. The van der Waals surface area contributed by atoms with Gasteiger partial charge in [0.1, 0.15) is 13.2 Å². The maximum Gasteiger partial charge on any atom is 0.171 e. The number of para-hydroxylation sites is 2. The number of methoxy groups -OCH3 is 2. The average molecular weight is 381 g/mol. The fourth-order valence-corrected chi connectivity index (χ4v) is 2.47. The van der Waals surface area contributed by atoms with Crippen LogP contribution in [-0.2, 0) is 0 Å². The van der Waals surface area contributed by atoms with E-state index in [1.165, 1.54) is 7.11 Å². The van der Waals surface area contributed by atoms with E-state index in [1.807, 2.05) is 24.3 Å². The number of halogens is 1. The van der Waals surface area contributed by atoms with E-state index in [4.69, 9.17) is 18.9 Å². The van der Waals surface area contributed by atoms with Crippen molar-refractivity contribution in [2.24, 2.45) is 0 Å². The molecule has 0 fully saturated rings. The van der Waals surface area contributed by atoms with E-state index in [0.29, 0.717) is 35.2 Å². The maximum atomic E-state index is 11.2. The summed E-state index contributed by atoms with van der Waals surface area (Å²) in [5.41, 5.74) is 0.411. The van der Waals surface area contributed by atoms with Crippen molar-refractivity contribution < 1.29 is 23.7 Å². The Hall–Kier alpha value is -2.21. The highest BCUT2D eigenvalue weighted by molar-refractivity contribution is 9.10. The zero-order valence-corrected chi connectivity index (χ0v) is 14.5. The fraction of sp³-hybridized carbons (Fsp3) is 0.235. The normalized spacial score (nSPS) is 10.0. The van der Waals surface area contributed by atoms with E-state index in [1.54, 1.807) is 19.2 Å². The number of rotatable bonds is 8. The Morgan fingerprint density at radius 3 is 2.26 bits per heavy atom. The largest absolute Gasteiger partial charge is 0.493 e. The van der Waals surface area contributed by atoms with Crippen molar-refractivity contribution in [1.29, 1.82) is 0 Å². The predicted molar refractivity (Wildman–Crippen MR) is 90.1 cm³/mol. The summed E-state index contributed by atoms with van der Waals surface area (Å²) in [5.74, 6) is 2.17. The minimum atomic E-state index is 0.261. The first-order chi connectivity index (χ1) is 11.2. The van der Waals surface area contributed by atoms with Crippen molar-refractivity contribution in [2.45, 2.75) is 0 Å². The molecule has 0 radical (unpaired) electrons. The summed E-state index contributed by atoms with van der Waals surface area (Å²) in [4.78, 5) is 11.2. The van der Waals surface area contributed by atoms with Crippen LogP contribution >= 0.6 is 15.9 Å². The number of hydrogen-bond acceptors (Lipinski definition) is 5. The van der Waals surface area contributed by atoms with Crippen LogP contribution in [0.5, 0.6) is 23.0 Å². The standard InChI is InChI=1S/C17H17BrO5/c1-20-14-5-3-4-6-15(14)22-7-8-23-17-12(11-19)9-13(18)10-16(17)21-2/h3-6,9-11H,7-8H2,1-2H3. The van der Waals surface area contributed by atoms with Crippen LogP contribution in [0.3, 0.4) is 0 Å². The molecule has 0 saturated carbocycles. The van der Waals surface area contributed by atoms with Crippen LogP contribution in [0.4, 0.5) is 0 Å². The van der Waals surface area contributed by atoms with Gasteiger partial charge >= 0.3 is 0 Å². The second-order valence-corrected chi connectivity index (χ2v) is 5.41. The van der Waals surface area contributed by atoms with Gasteiger partial charge in [-0.05, 0) is 24.3 Å². The van der Waals surface area contributed by atoms with Crippen molar-refractivity contribution in [2.75, 3.05) is 27.4 Å². The van der Waals surface area contributed by atoms with Crippen molar-refractivity contribution in [3.63, 3.8) is 0 Å². The van der Waals surface area contributed by atoms with Gasteiger partial charge in [-0.25, -0.2) is 0 Å². The predicted octanol–water partition coefficient (Wildman–Crippen LogP) is 3.74. The van der Waals surface area contributed by atoms with Gasteiger partial charge in [0.05, 0.1) is 19.8 Å². The van der Waals surface area contributed by atoms with Crippen LogP contribution in [0.15, 0.2) is 40.9 Å². The lowest BCUT2D eigenvalue weighted by Crippen LogP contribution is -2.11. The molecule has 0 aliphatic heterocycles. The molecule has 2 aromatic carbocycles. The quantitative estimate of drug-likeness (QED) is 0.515. The molecule has 0 spiro atoms. The van der Waals surface area contributed by atoms with Crippen LogP contribution in [0.25, 0.3) is 0 Å². The topological polar surface area (TPSA) is 54.0 Å². The smallest absolute Gasteiger partial charge is 0.171 e. The highest BCUT2D eigenvalue weighted by Crippen LogP contribution is 2.34. The number of ether oxygens (including phenoxy) is 4. The van der Waals surface area contributed by atoms with E-state index in [2.05, 4.69) is 15.9 Å². The van der Waals surface area contributed by atoms with E-state index in [9.17, 15) is 4.79 Å². The molecule has 0 aliphatic rings. The maximum absolute atomic E-state index is 11.2. The van der Waals surface area contributed by atoms with E-state index < -0.39 is 0 Å². The van der Waals surface area contributed by atoms with E-state index in [-0.39, 0.29) is 6.61 Å². The van der Waals surface area contributed by atoms with Gasteiger partial charge in [-0.3, -0.25) is 4.79 Å². The summed E-state index contributed by atoms with van der Waals surface area (Å²) in [6, 6.07) is 10.8. The van der Waals surface area contributed by atoms with Gasteiger partial charge < -0.3 is 18.9 Å². The molecular weight excluding hydrogens is 364 g/mol. The molecule has 2 aromatic rings. The molecule has 6 heteroatoms. The number of aldehydes is 1. The van der Waals surface area contributed by atoms with Gasteiger partial charge in [0.15, 0.2) is 29.3 Å². The monoisotopic (exact) mass is 380 g/mol. The van der Waals surface area contributed by atoms with E-state index in [0.717, 1.165) is 10.8 Å². The molecule has 5 nitrogen and oxygen atoms in total. The Labute approximate surface area is 143 Å². The number of carbonyl (C=O) groups is 1. The lowest BCUT2D eigenvalue weighted by Gasteiger charge is -2.14. The highest BCUT2D eigenvalue weighted by atomic mass is 79.9. The van der Waals surface area contributed by atoms with Gasteiger partial charge in [-0.15, -0.1) is 0 Å². The van der Waals surface area contributed by atoms with Crippen molar-refractivity contribution in [3.05, 3.63) is 46.4 Å². The Morgan fingerprint density at radius 1 is 0.957 bits per heavy atom. The van der Waals surface area contributed by atoms with Crippen LogP contribution in [0.1, 0.15) is 10.4 Å². The van der Waals surface area contributed by atoms with Gasteiger partial charge in [0, 0.05) is 4.47 Å². The van der Waals surface area contributed by atoms with Crippen LogP contribution in [0, 0.1) is 0 Å². The Bertz CT molecular complexity index is 672. The zero-order chi connectivity index (χ0) is 16.7. The SMILES string of the molecule is COc1ccccc1OCCOc1c(C=O)cc(Br)cc1OC. The summed E-state index contributed by atoms with van der Waals surface area (Å²) >= 11 is 3.32. The summed E-state index contributed by atoms with van der Waals surface area (Å²) in [5, 5.41) is 0. The van der Waals surface area contributed by atoms with Crippen LogP contribution in [-0.4, -0.2) is 33.7 Å². The van der Waals surface area contributed by atoms with Gasteiger partial charge in [0.25, 0.3) is 0 Å². The minimum Gasteiger partial charge on any atom is -0.493 e. The van der Waals surface area contributed by atoms with Crippen LogP contribution < -0.4 is 18.9 Å². The van der Waals surface area contributed by atoms with Crippen LogP contribution in [0.2, 0.25) is 0 Å². The average Bonchev–Trinajstić information content (AvgIpc) is 2.59. The number of benzene rings is 2. The zero-order valence-electron chi connectivity index (χ0n) is 12.9. The molecule has 0 amide bonds. The molecule has 122 valence electrons. The fourth-order valence-electron chi connectivity index (χ4n) is 2.02. The molecule has 0 heterocycles. The summed E-state index contributed by atoms with van der Waals surface area (Å²) < 4.78 is 22.5. The Balaban J connectivity index is 2.00. The number of hydrogen-bond donors (Lipinski definition) is 0. The first kappa shape index (κ1) is 17.1. The molecular formula is C17H17BrO5. The van der Waals surface area contributed by atoms with Crippen molar-refractivity contribution >= 4 is 22.2 Å². The molecule has 0 aliphatic carbocycles. The second-order valence-electron chi connectivity index (χ2n) is 4.49.